The molecular weight excluding hydrogens is 545 g/mol. The third kappa shape index (κ3) is 5.84. The monoisotopic (exact) mass is 567 g/mol. The van der Waals surface area contributed by atoms with Crippen LogP contribution in [-0.4, -0.2) is 46.7 Å². The van der Waals surface area contributed by atoms with Crippen molar-refractivity contribution in [1.82, 2.24) is 4.31 Å². The molecule has 3 aromatic rings. The molecule has 0 aromatic heterocycles. The van der Waals surface area contributed by atoms with Crippen molar-refractivity contribution in [2.24, 2.45) is 0 Å². The van der Waals surface area contributed by atoms with Gasteiger partial charge in [0.2, 0.25) is 15.9 Å². The third-order valence-electron chi connectivity index (χ3n) is 5.63. The number of anilines is 2. The highest BCUT2D eigenvalue weighted by Gasteiger charge is 2.29. The van der Waals surface area contributed by atoms with Crippen molar-refractivity contribution < 1.29 is 21.6 Å². The van der Waals surface area contributed by atoms with Crippen LogP contribution in [0.15, 0.2) is 82.6 Å². The number of rotatable bonds is 8. The highest BCUT2D eigenvalue weighted by Crippen LogP contribution is 2.27. The number of nitrogens with one attached hydrogen (secondary N) is 1. The number of halogens is 2. The highest BCUT2D eigenvalue weighted by molar-refractivity contribution is 7.92. The van der Waals surface area contributed by atoms with Crippen molar-refractivity contribution in [3.05, 3.63) is 82.8 Å². The van der Waals surface area contributed by atoms with E-state index in [4.69, 9.17) is 23.2 Å². The Morgan fingerprint density at radius 1 is 0.833 bits per heavy atom. The maximum Gasteiger partial charge on any atom is 0.264 e. The molecule has 36 heavy (non-hydrogen) atoms. The molecule has 0 radical (unpaired) electrons. The Bertz CT molecular complexity index is 1460. The lowest BCUT2D eigenvalue weighted by atomic mass is 10.3. The van der Waals surface area contributed by atoms with Crippen LogP contribution in [0.1, 0.15) is 12.8 Å². The summed E-state index contributed by atoms with van der Waals surface area (Å²) in [6, 6.07) is 17.5. The maximum atomic E-state index is 13.4. The number of nitrogens with zero attached hydrogens (tertiary/aromatic N) is 2. The van der Waals surface area contributed by atoms with Crippen LogP contribution in [0, 0.1) is 0 Å². The molecule has 1 fully saturated rings. The number of amides is 1. The van der Waals surface area contributed by atoms with E-state index in [-0.39, 0.29) is 15.5 Å². The molecule has 1 aliphatic heterocycles. The number of carbonyl (C=O) groups excluding carboxylic acids is 1. The van der Waals surface area contributed by atoms with Gasteiger partial charge in [-0.05, 0) is 79.6 Å². The minimum absolute atomic E-state index is 0.0452. The van der Waals surface area contributed by atoms with Gasteiger partial charge in [-0.25, -0.2) is 16.8 Å². The van der Waals surface area contributed by atoms with Crippen LogP contribution < -0.4 is 9.62 Å². The molecule has 1 aliphatic rings. The molecule has 0 bridgehead atoms. The summed E-state index contributed by atoms with van der Waals surface area (Å²) in [4.78, 5) is 13.0. The fourth-order valence-electron chi connectivity index (χ4n) is 3.80. The Morgan fingerprint density at radius 2 is 1.44 bits per heavy atom. The van der Waals surface area contributed by atoms with Gasteiger partial charge in [-0.1, -0.05) is 29.3 Å². The van der Waals surface area contributed by atoms with Gasteiger partial charge in [0.1, 0.15) is 6.54 Å². The Kier molecular flexibility index (Phi) is 7.91. The van der Waals surface area contributed by atoms with E-state index < -0.39 is 32.5 Å². The summed E-state index contributed by atoms with van der Waals surface area (Å²) in [5.41, 5.74) is 0.537. The van der Waals surface area contributed by atoms with Gasteiger partial charge in [0, 0.05) is 28.8 Å². The average molecular weight is 569 g/mol. The quantitative estimate of drug-likeness (QED) is 0.428. The lowest BCUT2D eigenvalue weighted by molar-refractivity contribution is -0.114. The zero-order chi connectivity index (χ0) is 25.9. The molecule has 1 amide bonds. The molecule has 1 saturated heterocycles. The second kappa shape index (κ2) is 10.8. The molecule has 3 aromatic carbocycles. The van der Waals surface area contributed by atoms with E-state index in [1.54, 1.807) is 12.1 Å². The topological polar surface area (TPSA) is 104 Å². The zero-order valence-electron chi connectivity index (χ0n) is 19.0. The summed E-state index contributed by atoms with van der Waals surface area (Å²) in [5.74, 6) is -0.623. The van der Waals surface area contributed by atoms with Crippen LogP contribution >= 0.6 is 23.2 Å². The Hall–Kier alpha value is -2.63. The summed E-state index contributed by atoms with van der Waals surface area (Å²) in [6.07, 6.45) is 1.66. The van der Waals surface area contributed by atoms with Gasteiger partial charge in [0.15, 0.2) is 0 Å². The first kappa shape index (κ1) is 26.4. The van der Waals surface area contributed by atoms with Crippen LogP contribution in [0.5, 0.6) is 0 Å². The van der Waals surface area contributed by atoms with E-state index in [1.807, 2.05) is 0 Å². The van der Waals surface area contributed by atoms with Crippen molar-refractivity contribution in [3.63, 3.8) is 0 Å². The number of hydrogen-bond acceptors (Lipinski definition) is 5. The van der Waals surface area contributed by atoms with E-state index in [1.165, 1.54) is 65.0 Å². The van der Waals surface area contributed by atoms with Crippen molar-refractivity contribution in [1.29, 1.82) is 0 Å². The minimum atomic E-state index is -4.14. The maximum absolute atomic E-state index is 13.4. The molecule has 0 spiro atoms. The molecule has 12 heteroatoms. The summed E-state index contributed by atoms with van der Waals surface area (Å²) in [7, 11) is -7.73. The van der Waals surface area contributed by atoms with Crippen LogP contribution in [0.4, 0.5) is 11.4 Å². The van der Waals surface area contributed by atoms with Gasteiger partial charge in [-0.3, -0.25) is 9.10 Å². The van der Waals surface area contributed by atoms with E-state index in [0.717, 1.165) is 17.1 Å². The lowest BCUT2D eigenvalue weighted by Gasteiger charge is -2.24. The first-order valence-electron chi connectivity index (χ1n) is 11.0. The average Bonchev–Trinajstić information content (AvgIpc) is 3.39. The first-order chi connectivity index (χ1) is 17.1. The summed E-state index contributed by atoms with van der Waals surface area (Å²) in [6.45, 7) is 0.434. The Labute approximate surface area is 220 Å². The van der Waals surface area contributed by atoms with Gasteiger partial charge in [-0.2, -0.15) is 4.31 Å². The molecule has 8 nitrogen and oxygen atoms in total. The minimum Gasteiger partial charge on any atom is -0.325 e. The Morgan fingerprint density at radius 3 is 2.06 bits per heavy atom. The van der Waals surface area contributed by atoms with Crippen LogP contribution in [0.25, 0.3) is 0 Å². The van der Waals surface area contributed by atoms with Gasteiger partial charge in [0.25, 0.3) is 10.0 Å². The highest BCUT2D eigenvalue weighted by atomic mass is 35.5. The molecule has 190 valence electrons. The normalized spacial score (nSPS) is 14.5. The molecule has 0 aliphatic carbocycles. The SMILES string of the molecule is O=C(CN(c1cccc(Cl)c1)S(=O)(=O)c1ccc(Cl)cc1)Nc1ccc(S(=O)(=O)N2CCCC2)cc1. The molecule has 0 unspecified atom stereocenters. The van der Waals surface area contributed by atoms with Gasteiger partial charge in [-0.15, -0.1) is 0 Å². The molecule has 4 rings (SSSR count). The predicted molar refractivity (Wildman–Crippen MR) is 141 cm³/mol. The third-order valence-corrected chi connectivity index (χ3v) is 9.81. The van der Waals surface area contributed by atoms with E-state index >= 15 is 0 Å². The van der Waals surface area contributed by atoms with Gasteiger partial charge < -0.3 is 5.32 Å². The molecule has 1 heterocycles. The van der Waals surface area contributed by atoms with E-state index in [2.05, 4.69) is 5.32 Å². The number of carbonyl (C=O) groups is 1. The molecule has 0 saturated carbocycles. The zero-order valence-corrected chi connectivity index (χ0v) is 22.1. The fraction of sp³-hybridized carbons (Fsp3) is 0.208. The summed E-state index contributed by atoms with van der Waals surface area (Å²) >= 11 is 12.0. The van der Waals surface area contributed by atoms with E-state index in [0.29, 0.717) is 28.8 Å². The number of benzene rings is 3. The second-order valence-electron chi connectivity index (χ2n) is 8.13. The van der Waals surface area contributed by atoms with E-state index in [9.17, 15) is 21.6 Å². The van der Waals surface area contributed by atoms with Crippen molar-refractivity contribution in [2.75, 3.05) is 29.3 Å². The van der Waals surface area contributed by atoms with Crippen LogP contribution in [0.2, 0.25) is 10.0 Å². The first-order valence-corrected chi connectivity index (χ1v) is 14.6. The standard InChI is InChI=1S/C24H23Cl2N3O5S2/c25-18-6-10-23(11-7-18)36(33,34)29(21-5-3-4-19(26)16-21)17-24(30)27-20-8-12-22(13-9-20)35(31,32)28-14-1-2-15-28/h3-13,16H,1-2,14-15,17H2,(H,27,30). The second-order valence-corrected chi connectivity index (χ2v) is 12.8. The lowest BCUT2D eigenvalue weighted by Crippen LogP contribution is -2.38. The van der Waals surface area contributed by atoms with Crippen LogP contribution in [0.3, 0.4) is 0 Å². The molecule has 1 N–H and O–H groups in total. The van der Waals surface area contributed by atoms with Gasteiger partial charge >= 0.3 is 0 Å². The molecule has 0 atom stereocenters. The number of sulfonamides is 2. The predicted octanol–water partition coefficient (Wildman–Crippen LogP) is 4.61. The largest absolute Gasteiger partial charge is 0.325 e. The van der Waals surface area contributed by atoms with Crippen molar-refractivity contribution in [3.8, 4) is 0 Å². The molecular formula is C24H23Cl2N3O5S2. The fourth-order valence-corrected chi connectivity index (χ4v) is 7.04. The van der Waals surface area contributed by atoms with Crippen LogP contribution in [-0.2, 0) is 24.8 Å². The number of hydrogen-bond donors (Lipinski definition) is 1. The smallest absolute Gasteiger partial charge is 0.264 e. The van der Waals surface area contributed by atoms with Crippen molar-refractivity contribution in [2.45, 2.75) is 22.6 Å². The summed E-state index contributed by atoms with van der Waals surface area (Å²) in [5, 5.41) is 3.31. The van der Waals surface area contributed by atoms with Crippen molar-refractivity contribution >= 4 is 60.5 Å². The Balaban J connectivity index is 1.55. The van der Waals surface area contributed by atoms with Gasteiger partial charge in [0.05, 0.1) is 15.5 Å². The summed E-state index contributed by atoms with van der Waals surface area (Å²) < 4.78 is 54.6.